The molecule has 3 aromatic rings. The van der Waals surface area contributed by atoms with Gasteiger partial charge in [0.2, 0.25) is 5.91 Å². The number of rotatable bonds is 8. The molecule has 4 aliphatic rings. The molecule has 206 valence electrons. The first-order valence-corrected chi connectivity index (χ1v) is 14.3. The number of hydrogen-bond donors (Lipinski definition) is 1. The molecule has 2 aromatic carbocycles. The summed E-state index contributed by atoms with van der Waals surface area (Å²) in [5.74, 6) is 3.57. The Hall–Kier alpha value is -3.75. The maximum atomic E-state index is 13.0. The Morgan fingerprint density at radius 2 is 1.85 bits per heavy atom. The van der Waals surface area contributed by atoms with Crippen LogP contribution < -0.4 is 14.8 Å². The number of carbonyl (C=O) groups is 2. The number of aromatic nitrogens is 1. The van der Waals surface area contributed by atoms with Crippen LogP contribution in [-0.4, -0.2) is 65.8 Å². The van der Waals surface area contributed by atoms with Gasteiger partial charge in [-0.1, -0.05) is 24.3 Å². The molecule has 8 heteroatoms. The van der Waals surface area contributed by atoms with E-state index >= 15 is 0 Å². The standard InChI is InChI=1S/C32H34N4O4/c1-35-12-14-36(15-13-35)19-21-4-2-20(3-5-21)16-22(37)17-26-30-25-18-23(6-8-27(25)40-31(26)30)39-28-10-11-33-32-24(28)7-9-29(38)34-32/h2-6,8,10-11,18,26,30-31H,7,9,12-17,19H2,1H3,(H,33,34,38)/t26-,30-,31+/m0/s1. The number of piperazine rings is 1. The van der Waals surface area contributed by atoms with E-state index in [0.29, 0.717) is 37.3 Å². The third-order valence-corrected chi connectivity index (χ3v) is 8.69. The van der Waals surface area contributed by atoms with Crippen LogP contribution in [0, 0.1) is 5.92 Å². The summed E-state index contributed by atoms with van der Waals surface area (Å²) >= 11 is 0. The number of ether oxygens (including phenoxy) is 2. The predicted octanol–water partition coefficient (Wildman–Crippen LogP) is 4.18. The quantitative estimate of drug-likeness (QED) is 0.461. The average Bonchev–Trinajstić information content (AvgIpc) is 3.46. The Morgan fingerprint density at radius 1 is 1.05 bits per heavy atom. The minimum atomic E-state index is -0.0228. The monoisotopic (exact) mass is 538 g/mol. The van der Waals surface area contributed by atoms with E-state index < -0.39 is 0 Å². The van der Waals surface area contributed by atoms with Crippen molar-refractivity contribution in [1.82, 2.24) is 14.8 Å². The lowest BCUT2D eigenvalue weighted by atomic mass is 10.0. The van der Waals surface area contributed by atoms with Crippen LogP contribution in [0.3, 0.4) is 0 Å². The van der Waals surface area contributed by atoms with Crippen molar-refractivity contribution < 1.29 is 19.1 Å². The van der Waals surface area contributed by atoms with E-state index in [0.717, 1.165) is 60.9 Å². The van der Waals surface area contributed by atoms with Gasteiger partial charge in [-0.05, 0) is 48.9 Å². The van der Waals surface area contributed by atoms with Crippen LogP contribution in [0.2, 0.25) is 0 Å². The number of nitrogens with one attached hydrogen (secondary N) is 1. The van der Waals surface area contributed by atoms with Crippen LogP contribution in [-0.2, 0) is 29.0 Å². The fourth-order valence-corrected chi connectivity index (χ4v) is 6.33. The van der Waals surface area contributed by atoms with E-state index in [1.54, 1.807) is 6.20 Å². The van der Waals surface area contributed by atoms with Gasteiger partial charge in [0.25, 0.3) is 0 Å². The molecule has 1 saturated carbocycles. The SMILES string of the molecule is CN1CCN(Cc2ccc(CC(=O)C[C@@H]3[C@H]4Oc5ccc(Oc6ccnc7c6CCC(=O)N7)cc5[C@@H]34)cc2)CC1. The zero-order valence-electron chi connectivity index (χ0n) is 22.8. The first-order valence-electron chi connectivity index (χ1n) is 14.3. The second-order valence-electron chi connectivity index (χ2n) is 11.6. The summed E-state index contributed by atoms with van der Waals surface area (Å²) in [6.45, 7) is 5.41. The Morgan fingerprint density at radius 3 is 2.67 bits per heavy atom. The van der Waals surface area contributed by atoms with Gasteiger partial charge in [0, 0.05) is 81.1 Å². The number of Topliss-reactive ketones (excluding diaryl/α,β-unsaturated/α-hetero) is 1. The summed E-state index contributed by atoms with van der Waals surface area (Å²) in [6, 6.07) is 16.3. The van der Waals surface area contributed by atoms with Crippen molar-refractivity contribution in [3.63, 3.8) is 0 Å². The minimum absolute atomic E-state index is 0.0228. The average molecular weight is 539 g/mol. The number of hydrogen-bond acceptors (Lipinski definition) is 7. The van der Waals surface area contributed by atoms with Gasteiger partial charge in [0.15, 0.2) is 0 Å². The van der Waals surface area contributed by atoms with E-state index in [-0.39, 0.29) is 29.6 Å². The van der Waals surface area contributed by atoms with Crippen LogP contribution in [0.25, 0.3) is 0 Å². The normalized spacial score (nSPS) is 23.4. The summed E-state index contributed by atoms with van der Waals surface area (Å²) in [5, 5.41) is 2.82. The van der Waals surface area contributed by atoms with E-state index in [1.165, 1.54) is 5.56 Å². The molecular weight excluding hydrogens is 504 g/mol. The number of fused-ring (bicyclic) bond motifs is 4. The molecule has 7 rings (SSSR count). The third-order valence-electron chi connectivity index (χ3n) is 8.69. The number of amides is 1. The van der Waals surface area contributed by atoms with Crippen molar-refractivity contribution in [2.45, 2.75) is 44.2 Å². The molecule has 0 spiro atoms. The first kappa shape index (κ1) is 25.2. The van der Waals surface area contributed by atoms with Gasteiger partial charge in [-0.25, -0.2) is 4.98 Å². The number of benzene rings is 2. The molecule has 0 bridgehead atoms. The highest BCUT2D eigenvalue weighted by Gasteiger charge is 2.59. The molecule has 1 aromatic heterocycles. The molecule has 1 saturated heterocycles. The zero-order valence-corrected chi connectivity index (χ0v) is 22.8. The molecule has 1 aliphatic carbocycles. The Kier molecular flexibility index (Phi) is 6.52. The molecule has 2 fully saturated rings. The maximum Gasteiger partial charge on any atom is 0.225 e. The summed E-state index contributed by atoms with van der Waals surface area (Å²) in [5.41, 5.74) is 4.41. The molecule has 8 nitrogen and oxygen atoms in total. The van der Waals surface area contributed by atoms with E-state index in [1.807, 2.05) is 24.3 Å². The molecule has 0 unspecified atom stereocenters. The van der Waals surface area contributed by atoms with Crippen LogP contribution >= 0.6 is 0 Å². The lowest BCUT2D eigenvalue weighted by Crippen LogP contribution is -2.43. The predicted molar refractivity (Wildman–Crippen MR) is 151 cm³/mol. The van der Waals surface area contributed by atoms with Crippen molar-refractivity contribution >= 4 is 17.5 Å². The molecular formula is C32H34N4O4. The second kappa shape index (κ2) is 10.3. The highest BCUT2D eigenvalue weighted by Crippen LogP contribution is 2.60. The topological polar surface area (TPSA) is 84.0 Å². The lowest BCUT2D eigenvalue weighted by Gasteiger charge is -2.32. The Balaban J connectivity index is 0.950. The van der Waals surface area contributed by atoms with E-state index in [9.17, 15) is 9.59 Å². The Labute approximate surface area is 234 Å². The van der Waals surface area contributed by atoms with Gasteiger partial charge in [0.05, 0.1) is 0 Å². The molecule has 1 amide bonds. The molecule has 0 radical (unpaired) electrons. The number of pyridine rings is 1. The fourth-order valence-electron chi connectivity index (χ4n) is 6.33. The smallest absolute Gasteiger partial charge is 0.225 e. The molecule has 40 heavy (non-hydrogen) atoms. The van der Waals surface area contributed by atoms with Gasteiger partial charge in [-0.2, -0.15) is 0 Å². The van der Waals surface area contributed by atoms with Crippen LogP contribution in [0.4, 0.5) is 5.82 Å². The zero-order chi connectivity index (χ0) is 27.2. The minimum Gasteiger partial charge on any atom is -0.489 e. The fraction of sp³-hybridized carbons (Fsp3) is 0.406. The Bertz CT molecular complexity index is 1450. The van der Waals surface area contributed by atoms with Crippen molar-refractivity contribution in [3.8, 4) is 17.2 Å². The number of ketones is 1. The summed E-state index contributed by atoms with van der Waals surface area (Å²) in [7, 11) is 2.17. The van der Waals surface area contributed by atoms with Gasteiger partial charge in [-0.15, -0.1) is 0 Å². The number of nitrogens with zero attached hydrogens (tertiary/aromatic N) is 3. The lowest BCUT2D eigenvalue weighted by molar-refractivity contribution is -0.119. The maximum absolute atomic E-state index is 13.0. The van der Waals surface area contributed by atoms with Gasteiger partial charge < -0.3 is 19.7 Å². The van der Waals surface area contributed by atoms with E-state index in [4.69, 9.17) is 9.47 Å². The van der Waals surface area contributed by atoms with Crippen molar-refractivity contribution in [1.29, 1.82) is 0 Å². The molecule has 3 atom stereocenters. The van der Waals surface area contributed by atoms with E-state index in [2.05, 4.69) is 51.4 Å². The van der Waals surface area contributed by atoms with Gasteiger partial charge >= 0.3 is 0 Å². The summed E-state index contributed by atoms with van der Waals surface area (Å²) in [6.07, 6.45) is 3.74. The summed E-state index contributed by atoms with van der Waals surface area (Å²) < 4.78 is 12.4. The number of likely N-dealkylation sites (N-methyl/N-ethyl adjacent to an activating group) is 1. The van der Waals surface area contributed by atoms with Crippen molar-refractivity contribution in [2.24, 2.45) is 5.92 Å². The highest BCUT2D eigenvalue weighted by atomic mass is 16.5. The van der Waals surface area contributed by atoms with Crippen LogP contribution in [0.5, 0.6) is 17.2 Å². The highest BCUT2D eigenvalue weighted by molar-refractivity contribution is 5.93. The largest absolute Gasteiger partial charge is 0.489 e. The number of anilines is 1. The molecule has 1 N–H and O–H groups in total. The molecule has 4 heterocycles. The van der Waals surface area contributed by atoms with Crippen molar-refractivity contribution in [2.75, 3.05) is 38.5 Å². The molecule has 3 aliphatic heterocycles. The van der Waals surface area contributed by atoms with Crippen molar-refractivity contribution in [3.05, 3.63) is 77.0 Å². The third kappa shape index (κ3) is 5.09. The summed E-state index contributed by atoms with van der Waals surface area (Å²) in [4.78, 5) is 33.8. The van der Waals surface area contributed by atoms with Gasteiger partial charge in [-0.3, -0.25) is 14.5 Å². The van der Waals surface area contributed by atoms with Crippen LogP contribution in [0.15, 0.2) is 54.7 Å². The second-order valence-corrected chi connectivity index (χ2v) is 11.6. The first-order chi connectivity index (χ1) is 19.5. The van der Waals surface area contributed by atoms with Crippen LogP contribution in [0.1, 0.15) is 41.0 Å². The van der Waals surface area contributed by atoms with Gasteiger partial charge in [0.1, 0.15) is 35.0 Å². The number of carbonyl (C=O) groups excluding carboxylic acids is 2.